The fourth-order valence-corrected chi connectivity index (χ4v) is 3.59. The van der Waals surface area contributed by atoms with Gasteiger partial charge in [-0.25, -0.2) is 4.68 Å². The predicted octanol–water partition coefficient (Wildman–Crippen LogP) is 3.21. The van der Waals surface area contributed by atoms with E-state index >= 15 is 0 Å². The van der Waals surface area contributed by atoms with E-state index in [1.807, 2.05) is 6.92 Å². The summed E-state index contributed by atoms with van der Waals surface area (Å²) in [6, 6.07) is 8.80. The Balaban J connectivity index is 0.000000941. The normalized spacial score (nSPS) is 14.0. The number of nitrogens with zero attached hydrogens (tertiary/aromatic N) is 4. The van der Waals surface area contributed by atoms with E-state index in [1.165, 1.54) is 15.9 Å². The highest BCUT2D eigenvalue weighted by Crippen LogP contribution is 2.27. The van der Waals surface area contributed by atoms with E-state index in [1.54, 1.807) is 13.1 Å². The minimum atomic E-state index is 0.0226. The van der Waals surface area contributed by atoms with E-state index in [4.69, 9.17) is 0 Å². The van der Waals surface area contributed by atoms with Gasteiger partial charge in [-0.2, -0.15) is 5.10 Å². The predicted molar refractivity (Wildman–Crippen MR) is 123 cm³/mol. The maximum atomic E-state index is 12.6. The zero-order valence-electron chi connectivity index (χ0n) is 18.7. The van der Waals surface area contributed by atoms with Gasteiger partial charge in [-0.1, -0.05) is 23.8 Å². The number of hydrogen-bond donors (Lipinski definition) is 1. The summed E-state index contributed by atoms with van der Waals surface area (Å²) in [7, 11) is 5.85. The summed E-state index contributed by atoms with van der Waals surface area (Å²) in [5.41, 5.74) is 4.39. The van der Waals surface area contributed by atoms with Crippen LogP contribution in [0.4, 0.5) is 11.5 Å². The van der Waals surface area contributed by atoms with Crippen molar-refractivity contribution in [3.05, 3.63) is 64.0 Å². The van der Waals surface area contributed by atoms with E-state index < -0.39 is 0 Å². The molecule has 0 bridgehead atoms. The van der Waals surface area contributed by atoms with Crippen LogP contribution < -0.4 is 15.8 Å². The van der Waals surface area contributed by atoms with Crippen molar-refractivity contribution in [3.63, 3.8) is 0 Å². The Bertz CT molecular complexity index is 870. The van der Waals surface area contributed by atoms with Crippen molar-refractivity contribution in [1.29, 1.82) is 0 Å². The van der Waals surface area contributed by atoms with Gasteiger partial charge < -0.3 is 15.1 Å². The van der Waals surface area contributed by atoms with Crippen molar-refractivity contribution in [2.75, 3.05) is 37.4 Å². The van der Waals surface area contributed by atoms with Gasteiger partial charge in [0.2, 0.25) is 0 Å². The summed E-state index contributed by atoms with van der Waals surface area (Å²) >= 11 is 0. The van der Waals surface area contributed by atoms with Crippen LogP contribution in [0.2, 0.25) is 0 Å². The zero-order valence-corrected chi connectivity index (χ0v) is 18.7. The molecule has 1 atom stereocenters. The minimum Gasteiger partial charge on any atom is -0.367 e. The van der Waals surface area contributed by atoms with Crippen LogP contribution in [0.1, 0.15) is 30.5 Å². The number of rotatable bonds is 5. The molecule has 6 heteroatoms. The van der Waals surface area contributed by atoms with Gasteiger partial charge in [-0.05, 0) is 53.4 Å². The molecule has 0 amide bonds. The highest BCUT2D eigenvalue weighted by Gasteiger charge is 2.24. The fourth-order valence-electron chi connectivity index (χ4n) is 3.59. The number of likely N-dealkylation sites (N-methyl/N-ethyl adjacent to an activating group) is 1. The van der Waals surface area contributed by atoms with Gasteiger partial charge >= 0.3 is 0 Å². The molecule has 0 saturated carbocycles. The van der Waals surface area contributed by atoms with Gasteiger partial charge in [0, 0.05) is 49.5 Å². The lowest BCUT2D eigenvalue weighted by Gasteiger charge is -2.32. The molecule has 1 aliphatic heterocycles. The Morgan fingerprint density at radius 2 is 1.90 bits per heavy atom. The molecule has 1 aromatic carbocycles. The van der Waals surface area contributed by atoms with Crippen molar-refractivity contribution in [2.24, 2.45) is 7.05 Å². The van der Waals surface area contributed by atoms with Crippen molar-refractivity contribution in [3.8, 4) is 0 Å². The zero-order chi connectivity index (χ0) is 21.6. The number of anilines is 2. The summed E-state index contributed by atoms with van der Waals surface area (Å²) in [4.78, 5) is 17.0. The number of allylic oxidation sites excluding steroid dienone is 1. The second kappa shape index (κ2) is 10.3. The first-order chi connectivity index (χ1) is 13.8. The first kappa shape index (κ1) is 22.7. The molecular weight excluding hydrogens is 362 g/mol. The number of aryl methyl sites for hydroxylation is 2. The lowest BCUT2D eigenvalue weighted by molar-refractivity contribution is 0.391. The topological polar surface area (TPSA) is 53.4 Å². The van der Waals surface area contributed by atoms with Crippen LogP contribution in [-0.2, 0) is 20.0 Å². The molecule has 0 fully saturated rings. The molecule has 0 aliphatic carbocycles. The largest absolute Gasteiger partial charge is 0.367 e. The number of nitrogens with one attached hydrogen (secondary N) is 1. The second-order valence-corrected chi connectivity index (χ2v) is 7.96. The molecule has 1 N–H and O–H groups in total. The molecular formula is C23H35N5O. The number of fused-ring (bicyclic) bond motifs is 1. The lowest BCUT2D eigenvalue weighted by Crippen LogP contribution is -2.39. The molecule has 1 aliphatic rings. The summed E-state index contributed by atoms with van der Waals surface area (Å²) in [6.45, 7) is 11.9. The molecule has 1 unspecified atom stereocenters. The Morgan fingerprint density at radius 1 is 1.28 bits per heavy atom. The van der Waals surface area contributed by atoms with Crippen LogP contribution in [0, 0.1) is 6.92 Å². The Labute approximate surface area is 174 Å². The first-order valence-electron chi connectivity index (χ1n) is 10.2. The van der Waals surface area contributed by atoms with Crippen molar-refractivity contribution in [1.82, 2.24) is 14.7 Å². The van der Waals surface area contributed by atoms with Crippen molar-refractivity contribution in [2.45, 2.75) is 39.8 Å². The standard InChI is InChI=1S/C20H29N5O.C3H6/c1-14-6-8-16(9-7-14)25-11-10-17-18(13-25)19(22-24(5)20(17)26)21-15(2)12-23(3)4;1-3-2/h6-9,15H,10-13H2,1-5H3,(H,21,22);3H,1H2,2H3. The monoisotopic (exact) mass is 397 g/mol. The third kappa shape index (κ3) is 5.94. The van der Waals surface area contributed by atoms with Crippen LogP contribution in [0.5, 0.6) is 0 Å². The highest BCUT2D eigenvalue weighted by molar-refractivity contribution is 5.55. The highest BCUT2D eigenvalue weighted by atomic mass is 16.1. The second-order valence-electron chi connectivity index (χ2n) is 7.96. The Morgan fingerprint density at radius 3 is 2.48 bits per heavy atom. The van der Waals surface area contributed by atoms with Gasteiger partial charge in [-0.3, -0.25) is 4.79 Å². The maximum Gasteiger partial charge on any atom is 0.270 e. The third-order valence-electron chi connectivity index (χ3n) is 4.85. The van der Waals surface area contributed by atoms with Gasteiger partial charge in [-0.15, -0.1) is 6.58 Å². The molecule has 2 heterocycles. The number of hydrogen-bond acceptors (Lipinski definition) is 5. The van der Waals surface area contributed by atoms with Crippen LogP contribution in [0.3, 0.4) is 0 Å². The van der Waals surface area contributed by atoms with E-state index in [9.17, 15) is 4.79 Å². The Hall–Kier alpha value is -2.60. The molecule has 2 aromatic rings. The first-order valence-corrected chi connectivity index (χ1v) is 10.2. The summed E-state index contributed by atoms with van der Waals surface area (Å²) in [5, 5.41) is 8.03. The van der Waals surface area contributed by atoms with Gasteiger partial charge in [0.1, 0.15) is 0 Å². The summed E-state index contributed by atoms with van der Waals surface area (Å²) < 4.78 is 1.46. The van der Waals surface area contributed by atoms with Crippen molar-refractivity contribution >= 4 is 11.5 Å². The van der Waals surface area contributed by atoms with Gasteiger partial charge in [0.15, 0.2) is 5.82 Å². The fraction of sp³-hybridized carbons (Fsp3) is 0.478. The Kier molecular flexibility index (Phi) is 8.02. The van der Waals surface area contributed by atoms with Gasteiger partial charge in [0.05, 0.1) is 0 Å². The van der Waals surface area contributed by atoms with Crippen LogP contribution >= 0.6 is 0 Å². The molecule has 3 rings (SSSR count). The molecule has 29 heavy (non-hydrogen) atoms. The van der Waals surface area contributed by atoms with E-state index in [0.717, 1.165) is 36.5 Å². The van der Waals surface area contributed by atoms with Crippen molar-refractivity contribution < 1.29 is 0 Å². The lowest BCUT2D eigenvalue weighted by atomic mass is 10.0. The minimum absolute atomic E-state index is 0.0226. The van der Waals surface area contributed by atoms with E-state index in [0.29, 0.717) is 6.54 Å². The molecule has 158 valence electrons. The van der Waals surface area contributed by atoms with Crippen LogP contribution in [0.25, 0.3) is 0 Å². The average molecular weight is 398 g/mol. The SMILES string of the molecule is C=CC.Cc1ccc(N2CCc3c(c(NC(C)CN(C)C)nn(C)c3=O)C2)cc1. The quantitative estimate of drug-likeness (QED) is 0.785. The summed E-state index contributed by atoms with van der Waals surface area (Å²) in [5.74, 6) is 0.827. The van der Waals surface area contributed by atoms with Crippen LogP contribution in [-0.4, -0.2) is 47.9 Å². The molecule has 0 spiro atoms. The van der Waals surface area contributed by atoms with E-state index in [-0.39, 0.29) is 11.6 Å². The summed E-state index contributed by atoms with van der Waals surface area (Å²) in [6.07, 6.45) is 2.50. The molecule has 0 radical (unpaired) electrons. The number of aromatic nitrogens is 2. The van der Waals surface area contributed by atoms with Gasteiger partial charge in [0.25, 0.3) is 5.56 Å². The molecule has 0 saturated heterocycles. The maximum absolute atomic E-state index is 12.6. The molecule has 6 nitrogen and oxygen atoms in total. The average Bonchev–Trinajstić information content (AvgIpc) is 2.66. The smallest absolute Gasteiger partial charge is 0.270 e. The van der Waals surface area contributed by atoms with Crippen LogP contribution in [0.15, 0.2) is 41.7 Å². The molecule has 1 aromatic heterocycles. The third-order valence-corrected chi connectivity index (χ3v) is 4.85. The van der Waals surface area contributed by atoms with E-state index in [2.05, 4.69) is 79.0 Å². The number of benzene rings is 1.